The highest BCUT2D eigenvalue weighted by molar-refractivity contribution is 6.31. The molecule has 0 radical (unpaired) electrons. The zero-order valence-electron chi connectivity index (χ0n) is 34.2. The van der Waals surface area contributed by atoms with Crippen molar-refractivity contribution in [2.24, 2.45) is 0 Å². The topological polar surface area (TPSA) is 14.8 Å². The van der Waals surface area contributed by atoms with Crippen LogP contribution in [0.2, 0.25) is 0 Å². The van der Waals surface area contributed by atoms with Gasteiger partial charge in [-0.2, -0.15) is 0 Å². The summed E-state index contributed by atoms with van der Waals surface area (Å²) in [5, 5.41) is 15.2. The van der Waals surface area contributed by atoms with Crippen LogP contribution in [-0.4, -0.2) is 13.7 Å². The molecule has 0 unspecified atom stereocenters. The van der Waals surface area contributed by atoms with E-state index < -0.39 is 0 Å². The molecule has 11 aromatic carbocycles. The summed E-state index contributed by atoms with van der Waals surface area (Å²) in [6.45, 7) is 0. The molecule has 63 heavy (non-hydrogen) atoms. The van der Waals surface area contributed by atoms with Crippen LogP contribution in [0.25, 0.3) is 126 Å². The third-order valence-electron chi connectivity index (χ3n) is 13.6. The van der Waals surface area contributed by atoms with E-state index in [0.717, 1.165) is 11.4 Å². The van der Waals surface area contributed by atoms with Crippen molar-refractivity contribution < 1.29 is 0 Å². The molecule has 14 rings (SSSR count). The fourth-order valence-electron chi connectivity index (χ4n) is 11.1. The first-order valence-electron chi connectivity index (χ1n) is 21.8. The predicted octanol–water partition coefficient (Wildman–Crippen LogP) is 16.1. The quantitative estimate of drug-likeness (QED) is 0.158. The van der Waals surface area contributed by atoms with Gasteiger partial charge in [0, 0.05) is 49.0 Å². The molecule has 0 atom stereocenters. The van der Waals surface area contributed by atoms with Crippen LogP contribution in [0.5, 0.6) is 0 Å². The van der Waals surface area contributed by atoms with Crippen LogP contribution in [0.4, 0.5) is 0 Å². The Balaban J connectivity index is 1.05. The fourth-order valence-corrected chi connectivity index (χ4v) is 11.1. The van der Waals surface area contributed by atoms with Crippen LogP contribution in [0.3, 0.4) is 0 Å². The molecule has 0 spiro atoms. The summed E-state index contributed by atoms with van der Waals surface area (Å²) in [5.74, 6) is 0. The monoisotopic (exact) mass is 799 g/mol. The first kappa shape index (κ1) is 34.3. The van der Waals surface area contributed by atoms with Crippen molar-refractivity contribution in [3.63, 3.8) is 0 Å². The fraction of sp³-hybridized carbons (Fsp3) is 0. The molecule has 0 saturated carbocycles. The Morgan fingerprint density at radius 2 is 0.651 bits per heavy atom. The zero-order chi connectivity index (χ0) is 41.2. The number of benzene rings is 11. The minimum absolute atomic E-state index is 1.16. The second-order valence-corrected chi connectivity index (χ2v) is 16.8. The number of hydrogen-bond donors (Lipinski definition) is 0. The number of aromatic nitrogens is 3. The summed E-state index contributed by atoms with van der Waals surface area (Å²) >= 11 is 0. The van der Waals surface area contributed by atoms with Crippen molar-refractivity contribution in [1.29, 1.82) is 0 Å². The number of hydrogen-bond acceptors (Lipinski definition) is 0. The highest BCUT2D eigenvalue weighted by atomic mass is 15.0. The lowest BCUT2D eigenvalue weighted by Crippen LogP contribution is -1.98. The van der Waals surface area contributed by atoms with Gasteiger partial charge in [-0.25, -0.2) is 0 Å². The predicted molar refractivity (Wildman–Crippen MR) is 267 cm³/mol. The van der Waals surface area contributed by atoms with Gasteiger partial charge in [-0.1, -0.05) is 158 Å². The lowest BCUT2D eigenvalue weighted by molar-refractivity contribution is 1.18. The molecule has 0 bridgehead atoms. The molecule has 3 aromatic heterocycles. The smallest absolute Gasteiger partial charge is 0.0549 e. The Kier molecular flexibility index (Phi) is 7.11. The van der Waals surface area contributed by atoms with Gasteiger partial charge in [0.15, 0.2) is 0 Å². The summed E-state index contributed by atoms with van der Waals surface area (Å²) in [7, 11) is 0. The van der Waals surface area contributed by atoms with Crippen LogP contribution >= 0.6 is 0 Å². The molecular formula is C60H37N3. The average Bonchev–Trinajstić information content (AvgIpc) is 3.99. The van der Waals surface area contributed by atoms with Crippen molar-refractivity contribution in [2.75, 3.05) is 0 Å². The molecule has 292 valence electrons. The van der Waals surface area contributed by atoms with E-state index in [4.69, 9.17) is 0 Å². The number of fused-ring (bicyclic) bond motifs is 16. The van der Waals surface area contributed by atoms with Crippen molar-refractivity contribution in [1.82, 2.24) is 13.7 Å². The second-order valence-electron chi connectivity index (χ2n) is 16.8. The van der Waals surface area contributed by atoms with Gasteiger partial charge in [-0.15, -0.1) is 0 Å². The third-order valence-corrected chi connectivity index (χ3v) is 13.6. The molecule has 0 fully saturated rings. The molecule has 3 heterocycles. The normalized spacial score (nSPS) is 12.1. The van der Waals surface area contributed by atoms with Crippen LogP contribution in [0.1, 0.15) is 0 Å². The highest BCUT2D eigenvalue weighted by Gasteiger charge is 2.23. The third kappa shape index (κ3) is 4.74. The summed E-state index contributed by atoms with van der Waals surface area (Å²) in [4.78, 5) is 0. The van der Waals surface area contributed by atoms with E-state index in [1.165, 1.54) is 115 Å². The standard InChI is InChI=1S/C60H37N3/c1-2-17-39(18-3-1)61-51-29-13-9-23-44(51)49-37-38(33-34-54(49)61)40-19-8-12-28-50(40)62-52-30-14-10-25-47(52)59-56(62)35-36-57-60(59)48-26-11-15-31-53(48)63(57)55-32-16-27-46-43-21-5-4-20-41(43)42-22-6-7-24-45(42)58(46)55/h1-37H. The molecule has 0 aliphatic carbocycles. The van der Waals surface area contributed by atoms with Crippen molar-refractivity contribution >= 4 is 97.7 Å². The van der Waals surface area contributed by atoms with E-state index in [9.17, 15) is 0 Å². The van der Waals surface area contributed by atoms with Gasteiger partial charge in [-0.3, -0.25) is 0 Å². The van der Waals surface area contributed by atoms with Crippen LogP contribution < -0.4 is 0 Å². The maximum atomic E-state index is 2.52. The Morgan fingerprint density at radius 3 is 1.30 bits per heavy atom. The van der Waals surface area contributed by atoms with Crippen molar-refractivity contribution in [3.8, 4) is 28.2 Å². The molecule has 0 saturated heterocycles. The summed E-state index contributed by atoms with van der Waals surface area (Å²) < 4.78 is 7.41. The molecule has 0 aliphatic heterocycles. The zero-order valence-corrected chi connectivity index (χ0v) is 34.2. The SMILES string of the molecule is c1ccc(-n2c3ccccc3c3cc(-c4ccccc4-n4c5ccccc5c5c6c7ccccc7n(-c7cccc8c9ccccc9c9ccccc9c78)c6ccc54)ccc32)cc1. The molecule has 0 amide bonds. The lowest BCUT2D eigenvalue weighted by Gasteiger charge is -2.16. The highest BCUT2D eigenvalue weighted by Crippen LogP contribution is 2.46. The Morgan fingerprint density at radius 1 is 0.222 bits per heavy atom. The van der Waals surface area contributed by atoms with E-state index in [1.807, 2.05) is 0 Å². The van der Waals surface area contributed by atoms with Crippen LogP contribution in [-0.2, 0) is 0 Å². The van der Waals surface area contributed by atoms with E-state index in [2.05, 4.69) is 238 Å². The van der Waals surface area contributed by atoms with Crippen molar-refractivity contribution in [3.05, 3.63) is 224 Å². The van der Waals surface area contributed by atoms with Gasteiger partial charge in [-0.05, 0) is 99.2 Å². The molecule has 0 N–H and O–H groups in total. The lowest BCUT2D eigenvalue weighted by atomic mass is 9.93. The van der Waals surface area contributed by atoms with Gasteiger partial charge in [0.25, 0.3) is 0 Å². The molecule has 3 heteroatoms. The molecule has 14 aromatic rings. The summed E-state index contributed by atoms with van der Waals surface area (Å²) in [6, 6.07) is 82.7. The summed E-state index contributed by atoms with van der Waals surface area (Å²) in [5.41, 5.74) is 13.1. The maximum absolute atomic E-state index is 2.52. The van der Waals surface area contributed by atoms with E-state index in [1.54, 1.807) is 0 Å². The number of para-hydroxylation sites is 5. The minimum Gasteiger partial charge on any atom is -0.309 e. The minimum atomic E-state index is 1.16. The van der Waals surface area contributed by atoms with Gasteiger partial charge in [0.1, 0.15) is 0 Å². The molecular weight excluding hydrogens is 763 g/mol. The first-order chi connectivity index (χ1) is 31.3. The number of rotatable bonds is 4. The van der Waals surface area contributed by atoms with Gasteiger partial charge in [0.2, 0.25) is 0 Å². The van der Waals surface area contributed by atoms with Crippen LogP contribution in [0.15, 0.2) is 224 Å². The Hall–Kier alpha value is -8.40. The number of nitrogens with zero attached hydrogens (tertiary/aromatic N) is 3. The summed E-state index contributed by atoms with van der Waals surface area (Å²) in [6.07, 6.45) is 0. The molecule has 3 nitrogen and oxygen atoms in total. The largest absolute Gasteiger partial charge is 0.309 e. The first-order valence-corrected chi connectivity index (χ1v) is 21.8. The van der Waals surface area contributed by atoms with E-state index in [0.29, 0.717) is 0 Å². The van der Waals surface area contributed by atoms with Gasteiger partial charge < -0.3 is 13.7 Å². The Labute approximate surface area is 362 Å². The average molecular weight is 800 g/mol. The van der Waals surface area contributed by atoms with E-state index >= 15 is 0 Å². The maximum Gasteiger partial charge on any atom is 0.0549 e. The van der Waals surface area contributed by atoms with Gasteiger partial charge in [0.05, 0.1) is 44.5 Å². The van der Waals surface area contributed by atoms with Crippen molar-refractivity contribution in [2.45, 2.75) is 0 Å². The van der Waals surface area contributed by atoms with Crippen LogP contribution in [0, 0.1) is 0 Å². The van der Waals surface area contributed by atoms with Gasteiger partial charge >= 0.3 is 0 Å². The van der Waals surface area contributed by atoms with E-state index in [-0.39, 0.29) is 0 Å². The Bertz CT molecular complexity index is 4150. The second kappa shape index (κ2) is 13.1. The molecule has 0 aliphatic rings.